The Morgan fingerprint density at radius 2 is 2.11 bits per heavy atom. The highest BCUT2D eigenvalue weighted by Gasteiger charge is 2.28. The van der Waals surface area contributed by atoms with Gasteiger partial charge < -0.3 is 5.32 Å². The Kier molecular flexibility index (Phi) is 4.42. The molecule has 8 heteroatoms. The van der Waals surface area contributed by atoms with Gasteiger partial charge in [-0.1, -0.05) is 0 Å². The molecule has 4 nitrogen and oxygen atoms in total. The normalized spacial score (nSPS) is 20.3. The summed E-state index contributed by atoms with van der Waals surface area (Å²) in [6.07, 6.45) is 1.27. The number of anilines is 1. The van der Waals surface area contributed by atoms with E-state index in [2.05, 4.69) is 26.0 Å². The molecule has 0 spiro atoms. The summed E-state index contributed by atoms with van der Waals surface area (Å²) < 4.78 is 53.0. The predicted octanol–water partition coefficient (Wildman–Crippen LogP) is 2.22. The zero-order chi connectivity index (χ0) is 14.0. The Labute approximate surface area is 118 Å². The molecule has 2 N–H and O–H groups in total. The second-order valence-electron chi connectivity index (χ2n) is 4.36. The number of nitrogens with one attached hydrogen (secondary N) is 2. The van der Waals surface area contributed by atoms with Gasteiger partial charge in [0.15, 0.2) is 5.82 Å². The SMILES string of the molecule is O=S(=O)(Nc1c(F)cc(F)cc1Br)C1CCCNC1. The summed E-state index contributed by atoms with van der Waals surface area (Å²) in [6.45, 7) is 1.11. The fraction of sp³-hybridized carbons (Fsp3) is 0.455. The van der Waals surface area contributed by atoms with Crippen LogP contribution in [0.3, 0.4) is 0 Å². The van der Waals surface area contributed by atoms with Gasteiger partial charge in [-0.15, -0.1) is 0 Å². The van der Waals surface area contributed by atoms with Crippen molar-refractivity contribution >= 4 is 31.6 Å². The molecule has 0 amide bonds. The van der Waals surface area contributed by atoms with Crippen LogP contribution in [0.2, 0.25) is 0 Å². The third kappa shape index (κ3) is 3.43. The number of sulfonamides is 1. The molecule has 2 rings (SSSR count). The van der Waals surface area contributed by atoms with Gasteiger partial charge in [0.2, 0.25) is 10.0 Å². The lowest BCUT2D eigenvalue weighted by atomic mass is 10.2. The largest absolute Gasteiger partial charge is 0.315 e. The van der Waals surface area contributed by atoms with Crippen LogP contribution in [0.1, 0.15) is 12.8 Å². The zero-order valence-corrected chi connectivity index (χ0v) is 12.3. The first-order valence-corrected chi connectivity index (χ1v) is 8.11. The third-order valence-corrected chi connectivity index (χ3v) is 5.34. The van der Waals surface area contributed by atoms with Gasteiger partial charge in [0, 0.05) is 17.1 Å². The van der Waals surface area contributed by atoms with Gasteiger partial charge in [0.1, 0.15) is 5.82 Å². The van der Waals surface area contributed by atoms with E-state index in [1.54, 1.807) is 0 Å². The summed E-state index contributed by atoms with van der Waals surface area (Å²) >= 11 is 2.95. The number of benzene rings is 1. The minimum atomic E-state index is -3.70. The molecular formula is C11H13BrF2N2O2S. The van der Waals surface area contributed by atoms with Crippen LogP contribution in [0, 0.1) is 11.6 Å². The van der Waals surface area contributed by atoms with Crippen LogP contribution >= 0.6 is 15.9 Å². The maximum atomic E-state index is 13.6. The summed E-state index contributed by atoms with van der Waals surface area (Å²) in [5.74, 6) is -1.72. The lowest BCUT2D eigenvalue weighted by Gasteiger charge is -2.23. The van der Waals surface area contributed by atoms with E-state index in [4.69, 9.17) is 0 Å². The second-order valence-corrected chi connectivity index (χ2v) is 7.18. The number of rotatable bonds is 3. The summed E-state index contributed by atoms with van der Waals surface area (Å²) in [7, 11) is -3.70. The number of hydrogen-bond acceptors (Lipinski definition) is 3. The van der Waals surface area contributed by atoms with E-state index in [9.17, 15) is 17.2 Å². The van der Waals surface area contributed by atoms with Crippen molar-refractivity contribution in [3.8, 4) is 0 Å². The average molecular weight is 355 g/mol. The minimum absolute atomic E-state index is 0.0392. The zero-order valence-electron chi connectivity index (χ0n) is 9.92. The standard InChI is InChI=1S/C11H13BrF2N2O2S/c12-9-4-7(13)5-10(14)11(9)16-19(17,18)8-2-1-3-15-6-8/h4-5,8,15-16H,1-3,6H2. The van der Waals surface area contributed by atoms with Crippen molar-refractivity contribution in [2.24, 2.45) is 0 Å². The van der Waals surface area contributed by atoms with Crippen LogP contribution in [0.5, 0.6) is 0 Å². The van der Waals surface area contributed by atoms with E-state index < -0.39 is 26.9 Å². The summed E-state index contributed by atoms with van der Waals surface area (Å²) in [5.41, 5.74) is -0.257. The van der Waals surface area contributed by atoms with Crippen molar-refractivity contribution in [1.82, 2.24) is 5.32 Å². The molecule has 1 aliphatic heterocycles. The lowest BCUT2D eigenvalue weighted by molar-refractivity contribution is 0.499. The van der Waals surface area contributed by atoms with Crippen LogP contribution in [-0.2, 0) is 10.0 Å². The highest BCUT2D eigenvalue weighted by molar-refractivity contribution is 9.10. The van der Waals surface area contributed by atoms with Crippen LogP contribution in [-0.4, -0.2) is 26.8 Å². The molecule has 0 aliphatic carbocycles. The number of halogens is 3. The van der Waals surface area contributed by atoms with Crippen LogP contribution in [0.4, 0.5) is 14.5 Å². The molecule has 1 unspecified atom stereocenters. The molecule has 0 bridgehead atoms. The molecule has 19 heavy (non-hydrogen) atoms. The first-order valence-electron chi connectivity index (χ1n) is 5.77. The fourth-order valence-electron chi connectivity index (χ4n) is 1.95. The first-order chi connectivity index (χ1) is 8.90. The molecule has 0 radical (unpaired) electrons. The Balaban J connectivity index is 2.25. The smallest absolute Gasteiger partial charge is 0.237 e. The molecule has 1 aromatic rings. The van der Waals surface area contributed by atoms with Crippen LogP contribution < -0.4 is 10.0 Å². The molecular weight excluding hydrogens is 342 g/mol. The third-order valence-electron chi connectivity index (χ3n) is 2.94. The molecule has 1 aliphatic rings. The van der Waals surface area contributed by atoms with Gasteiger partial charge in [-0.3, -0.25) is 4.72 Å². The number of hydrogen-bond donors (Lipinski definition) is 2. The molecule has 1 aromatic carbocycles. The van der Waals surface area contributed by atoms with Crippen molar-refractivity contribution in [3.05, 3.63) is 28.2 Å². The highest BCUT2D eigenvalue weighted by Crippen LogP contribution is 2.29. The summed E-state index contributed by atoms with van der Waals surface area (Å²) in [4.78, 5) is 0. The quantitative estimate of drug-likeness (QED) is 0.874. The monoisotopic (exact) mass is 354 g/mol. The van der Waals surface area contributed by atoms with E-state index in [1.165, 1.54) is 0 Å². The molecule has 1 saturated heterocycles. The Bertz CT molecular complexity index is 551. The predicted molar refractivity (Wildman–Crippen MR) is 72.5 cm³/mol. The van der Waals surface area contributed by atoms with E-state index in [0.717, 1.165) is 19.0 Å². The Hall–Kier alpha value is -0.730. The van der Waals surface area contributed by atoms with Crippen molar-refractivity contribution in [3.63, 3.8) is 0 Å². The van der Waals surface area contributed by atoms with Gasteiger partial charge in [0.25, 0.3) is 0 Å². The van der Waals surface area contributed by atoms with Crippen LogP contribution in [0.15, 0.2) is 16.6 Å². The van der Waals surface area contributed by atoms with E-state index in [0.29, 0.717) is 19.0 Å². The van der Waals surface area contributed by atoms with Crippen molar-refractivity contribution in [2.75, 3.05) is 17.8 Å². The van der Waals surface area contributed by atoms with Crippen molar-refractivity contribution < 1.29 is 17.2 Å². The summed E-state index contributed by atoms with van der Waals surface area (Å²) in [6, 6.07) is 1.65. The van der Waals surface area contributed by atoms with Gasteiger partial charge in [-0.2, -0.15) is 0 Å². The van der Waals surface area contributed by atoms with E-state index in [-0.39, 0.29) is 10.2 Å². The van der Waals surface area contributed by atoms with Gasteiger partial charge in [0.05, 0.1) is 10.9 Å². The molecule has 1 fully saturated rings. The minimum Gasteiger partial charge on any atom is -0.315 e. The molecule has 0 aromatic heterocycles. The fourth-order valence-corrected chi connectivity index (χ4v) is 4.06. The Morgan fingerprint density at radius 1 is 1.37 bits per heavy atom. The first kappa shape index (κ1) is 14.7. The van der Waals surface area contributed by atoms with Gasteiger partial charge >= 0.3 is 0 Å². The molecule has 1 atom stereocenters. The molecule has 106 valence electrons. The molecule has 1 heterocycles. The van der Waals surface area contributed by atoms with Crippen LogP contribution in [0.25, 0.3) is 0 Å². The lowest BCUT2D eigenvalue weighted by Crippen LogP contribution is -2.41. The summed E-state index contributed by atoms with van der Waals surface area (Å²) in [5, 5.41) is 2.37. The Morgan fingerprint density at radius 3 is 2.68 bits per heavy atom. The maximum Gasteiger partial charge on any atom is 0.237 e. The molecule has 0 saturated carbocycles. The van der Waals surface area contributed by atoms with Crippen molar-refractivity contribution in [2.45, 2.75) is 18.1 Å². The second kappa shape index (κ2) is 5.72. The average Bonchev–Trinajstić information content (AvgIpc) is 2.35. The highest BCUT2D eigenvalue weighted by atomic mass is 79.9. The van der Waals surface area contributed by atoms with E-state index >= 15 is 0 Å². The number of piperidine rings is 1. The van der Waals surface area contributed by atoms with Gasteiger partial charge in [-0.05, 0) is 41.4 Å². The topological polar surface area (TPSA) is 58.2 Å². The maximum absolute atomic E-state index is 13.6. The van der Waals surface area contributed by atoms with Crippen molar-refractivity contribution in [1.29, 1.82) is 0 Å². The van der Waals surface area contributed by atoms with E-state index in [1.807, 2.05) is 0 Å². The van der Waals surface area contributed by atoms with Gasteiger partial charge in [-0.25, -0.2) is 17.2 Å².